The predicted molar refractivity (Wildman–Crippen MR) is 121 cm³/mol. The first-order valence-electron chi connectivity index (χ1n) is 12.0. The second-order valence-electron chi connectivity index (χ2n) is 11.0. The Balaban J connectivity index is 1.39. The van der Waals surface area contributed by atoms with Gasteiger partial charge in [0, 0.05) is 11.8 Å². The van der Waals surface area contributed by atoms with Crippen LogP contribution in [0.2, 0.25) is 0 Å². The summed E-state index contributed by atoms with van der Waals surface area (Å²) in [5.74, 6) is 1.05. The van der Waals surface area contributed by atoms with E-state index in [1.807, 2.05) is 19.1 Å². The summed E-state index contributed by atoms with van der Waals surface area (Å²) in [7, 11) is -3.83. The van der Waals surface area contributed by atoms with Crippen LogP contribution in [0.15, 0.2) is 40.8 Å². The second-order valence-corrected chi connectivity index (χ2v) is 12.6. The summed E-state index contributed by atoms with van der Waals surface area (Å²) in [5.41, 5.74) is 1.66. The van der Waals surface area contributed by atoms with Crippen LogP contribution in [-0.4, -0.2) is 31.5 Å². The highest BCUT2D eigenvalue weighted by Crippen LogP contribution is 2.64. The van der Waals surface area contributed by atoms with Crippen LogP contribution in [0.3, 0.4) is 0 Å². The van der Waals surface area contributed by atoms with Gasteiger partial charge in [0.15, 0.2) is 0 Å². The Bertz CT molecular complexity index is 1080. The van der Waals surface area contributed by atoms with E-state index < -0.39 is 22.3 Å². The zero-order chi connectivity index (χ0) is 22.9. The molecule has 4 unspecified atom stereocenters. The predicted octanol–water partition coefficient (Wildman–Crippen LogP) is 4.57. The highest BCUT2D eigenvalue weighted by atomic mass is 32.2. The largest absolute Gasteiger partial charge is 0.389 e. The molecule has 174 valence electrons. The fourth-order valence-corrected chi connectivity index (χ4v) is 8.68. The Labute approximate surface area is 191 Å². The van der Waals surface area contributed by atoms with Gasteiger partial charge in [-0.1, -0.05) is 37.6 Å². The molecule has 0 aromatic heterocycles. The molecule has 1 aromatic rings. The van der Waals surface area contributed by atoms with Gasteiger partial charge in [0.1, 0.15) is 5.78 Å². The molecule has 1 aromatic carbocycles. The van der Waals surface area contributed by atoms with Gasteiger partial charge in [0.05, 0.1) is 17.1 Å². The van der Waals surface area contributed by atoms with Crippen molar-refractivity contribution in [1.82, 2.24) is 0 Å². The number of carbonyl (C=O) groups is 1. The van der Waals surface area contributed by atoms with Gasteiger partial charge in [-0.2, -0.15) is 8.42 Å². The molecule has 3 fully saturated rings. The van der Waals surface area contributed by atoms with Crippen molar-refractivity contribution in [2.75, 3.05) is 0 Å². The Morgan fingerprint density at radius 1 is 1.06 bits per heavy atom. The molecule has 6 heteroatoms. The van der Waals surface area contributed by atoms with Crippen LogP contribution in [0.4, 0.5) is 0 Å². The molecule has 32 heavy (non-hydrogen) atoms. The minimum absolute atomic E-state index is 0.0657. The minimum atomic E-state index is -3.83. The molecule has 0 aliphatic heterocycles. The van der Waals surface area contributed by atoms with Gasteiger partial charge in [-0.3, -0.25) is 8.98 Å². The molecule has 0 radical (unpaired) electrons. The number of ketones is 1. The third-order valence-electron chi connectivity index (χ3n) is 9.33. The lowest BCUT2D eigenvalue weighted by Gasteiger charge is -2.58. The molecule has 5 nitrogen and oxygen atoms in total. The van der Waals surface area contributed by atoms with E-state index in [1.165, 1.54) is 0 Å². The van der Waals surface area contributed by atoms with E-state index in [9.17, 15) is 18.3 Å². The average Bonchev–Trinajstić information content (AvgIpc) is 3.04. The van der Waals surface area contributed by atoms with Gasteiger partial charge < -0.3 is 5.11 Å². The molecule has 0 heterocycles. The summed E-state index contributed by atoms with van der Waals surface area (Å²) < 4.78 is 31.4. The quantitative estimate of drug-likeness (QED) is 0.530. The highest BCUT2D eigenvalue weighted by molar-refractivity contribution is 7.86. The molecule has 5 rings (SSSR count). The standard InChI is InChI=1S/C26H34O5S/c1-16-5-4-6-19(13-16)32(29,30)31-18-9-11-25(2)17(14-18)15-22(27)24-20-7-8-23(28)26(20,3)12-10-21(24)25/h4-6,13,15,18,20-22,24,27H,7-12,14H2,1-3H3/t18-,20?,21?,22?,24?,25-,26-/m0/s1. The average molecular weight is 459 g/mol. The molecule has 0 amide bonds. The lowest BCUT2D eigenvalue weighted by atomic mass is 9.47. The van der Waals surface area contributed by atoms with Crippen LogP contribution in [-0.2, 0) is 19.1 Å². The second kappa shape index (κ2) is 7.51. The van der Waals surface area contributed by atoms with E-state index in [-0.39, 0.29) is 27.6 Å². The van der Waals surface area contributed by atoms with Crippen molar-refractivity contribution in [2.24, 2.45) is 28.6 Å². The zero-order valence-electron chi connectivity index (χ0n) is 19.2. The Morgan fingerprint density at radius 2 is 1.78 bits per heavy atom. The molecular weight excluding hydrogens is 424 g/mol. The first-order chi connectivity index (χ1) is 15.0. The number of hydrogen-bond acceptors (Lipinski definition) is 5. The van der Waals surface area contributed by atoms with Gasteiger partial charge in [0.25, 0.3) is 10.1 Å². The lowest BCUT2D eigenvalue weighted by molar-refractivity contribution is -0.135. The molecule has 4 aliphatic rings. The SMILES string of the molecule is Cc1cccc(S(=O)(=O)O[C@H]2CC[C@@]3(C)C(=CC(O)C4C3CC[C@]3(C)C(=O)CCC43)C2)c1. The molecule has 7 atom stereocenters. The smallest absolute Gasteiger partial charge is 0.297 e. The molecule has 4 aliphatic carbocycles. The molecule has 0 saturated heterocycles. The van der Waals surface area contributed by atoms with Crippen LogP contribution < -0.4 is 0 Å². The van der Waals surface area contributed by atoms with Crippen LogP contribution >= 0.6 is 0 Å². The first-order valence-corrected chi connectivity index (χ1v) is 13.4. The highest BCUT2D eigenvalue weighted by Gasteiger charge is 2.60. The van der Waals surface area contributed by atoms with E-state index in [1.54, 1.807) is 18.2 Å². The van der Waals surface area contributed by atoms with Crippen LogP contribution in [0.5, 0.6) is 0 Å². The normalized spacial score (nSPS) is 41.4. The number of Topliss-reactive ketones (excluding diaryl/α,β-unsaturated/α-hetero) is 1. The van der Waals surface area contributed by atoms with Gasteiger partial charge in [-0.15, -0.1) is 0 Å². The van der Waals surface area contributed by atoms with Crippen molar-refractivity contribution in [2.45, 2.75) is 82.8 Å². The number of aliphatic hydroxyl groups is 1. The third kappa shape index (κ3) is 3.33. The number of aryl methyl sites for hydroxylation is 1. The molecule has 3 saturated carbocycles. The number of benzene rings is 1. The summed E-state index contributed by atoms with van der Waals surface area (Å²) in [4.78, 5) is 12.8. The Kier molecular flexibility index (Phi) is 5.23. The summed E-state index contributed by atoms with van der Waals surface area (Å²) in [6, 6.07) is 6.81. The molecular formula is C26H34O5S. The fraction of sp³-hybridized carbons (Fsp3) is 0.654. The van der Waals surface area contributed by atoms with Crippen molar-refractivity contribution >= 4 is 15.9 Å². The topological polar surface area (TPSA) is 80.7 Å². The first kappa shape index (κ1) is 22.3. The monoisotopic (exact) mass is 458 g/mol. The van der Waals surface area contributed by atoms with Crippen LogP contribution in [0, 0.1) is 35.5 Å². The summed E-state index contributed by atoms with van der Waals surface area (Å²) in [5, 5.41) is 11.2. The number of carbonyl (C=O) groups excluding carboxylic acids is 1. The zero-order valence-corrected chi connectivity index (χ0v) is 20.0. The van der Waals surface area contributed by atoms with E-state index >= 15 is 0 Å². The maximum atomic E-state index is 12.9. The van der Waals surface area contributed by atoms with Crippen molar-refractivity contribution < 1.29 is 22.5 Å². The maximum absolute atomic E-state index is 12.9. The van der Waals surface area contributed by atoms with Gasteiger partial charge in [0.2, 0.25) is 0 Å². The van der Waals surface area contributed by atoms with Crippen molar-refractivity contribution in [3.05, 3.63) is 41.5 Å². The number of aliphatic hydroxyl groups excluding tert-OH is 1. The summed E-state index contributed by atoms with van der Waals surface area (Å²) in [6.07, 6.45) is 6.40. The van der Waals surface area contributed by atoms with Gasteiger partial charge >= 0.3 is 0 Å². The van der Waals surface area contributed by atoms with E-state index in [2.05, 4.69) is 13.8 Å². The number of fused-ring (bicyclic) bond motifs is 5. The minimum Gasteiger partial charge on any atom is -0.389 e. The summed E-state index contributed by atoms with van der Waals surface area (Å²) >= 11 is 0. The Morgan fingerprint density at radius 3 is 2.53 bits per heavy atom. The van der Waals surface area contributed by atoms with Crippen molar-refractivity contribution in [1.29, 1.82) is 0 Å². The van der Waals surface area contributed by atoms with Crippen molar-refractivity contribution in [3.63, 3.8) is 0 Å². The van der Waals surface area contributed by atoms with Gasteiger partial charge in [-0.25, -0.2) is 0 Å². The Hall–Kier alpha value is -1.50. The molecule has 0 bridgehead atoms. The fourth-order valence-electron chi connectivity index (χ4n) is 7.48. The van der Waals surface area contributed by atoms with Crippen LogP contribution in [0.25, 0.3) is 0 Å². The van der Waals surface area contributed by atoms with Crippen molar-refractivity contribution in [3.8, 4) is 0 Å². The van der Waals surface area contributed by atoms with E-state index in [0.29, 0.717) is 31.0 Å². The van der Waals surface area contributed by atoms with Crippen LogP contribution in [0.1, 0.15) is 64.4 Å². The van der Waals surface area contributed by atoms with E-state index in [0.717, 1.165) is 36.8 Å². The lowest BCUT2D eigenvalue weighted by Crippen LogP contribution is -2.54. The van der Waals surface area contributed by atoms with E-state index in [4.69, 9.17) is 4.18 Å². The molecule has 0 spiro atoms. The molecule has 1 N–H and O–H groups in total. The third-order valence-corrected chi connectivity index (χ3v) is 10.7. The summed E-state index contributed by atoms with van der Waals surface area (Å²) in [6.45, 7) is 6.26. The number of rotatable bonds is 3. The van der Waals surface area contributed by atoms with Gasteiger partial charge in [-0.05, 0) is 86.3 Å². The maximum Gasteiger partial charge on any atom is 0.297 e. The number of hydrogen-bond donors (Lipinski definition) is 1.